The fourth-order valence-corrected chi connectivity index (χ4v) is 2.57. The van der Waals surface area contributed by atoms with Crippen LogP contribution in [0.1, 0.15) is 31.7 Å². The first-order chi connectivity index (χ1) is 7.52. The summed E-state index contributed by atoms with van der Waals surface area (Å²) >= 11 is 0. The highest BCUT2D eigenvalue weighted by molar-refractivity contribution is 5.26. The lowest BCUT2D eigenvalue weighted by atomic mass is 9.57. The monoisotopic (exact) mass is 223 g/mol. The molecule has 1 aromatic carbocycles. The van der Waals surface area contributed by atoms with E-state index >= 15 is 0 Å². The molecule has 1 aliphatic rings. The number of hydrogen-bond donors (Lipinski definition) is 2. The summed E-state index contributed by atoms with van der Waals surface area (Å²) in [5.74, 6) is -0.282. The van der Waals surface area contributed by atoms with Gasteiger partial charge in [0.1, 0.15) is 5.82 Å². The standard InChI is InChI=1S/C13H18FNO/c1-12(16,13(9-15)7-2-8-13)10-3-5-11(14)6-4-10/h3-6,16H,2,7-9,15H2,1H3. The van der Waals surface area contributed by atoms with Gasteiger partial charge in [-0.25, -0.2) is 4.39 Å². The lowest BCUT2D eigenvalue weighted by Gasteiger charge is -2.51. The second kappa shape index (κ2) is 3.82. The van der Waals surface area contributed by atoms with Gasteiger partial charge in [-0.15, -0.1) is 0 Å². The number of benzene rings is 1. The normalized spacial score (nSPS) is 22.2. The summed E-state index contributed by atoms with van der Waals surface area (Å²) < 4.78 is 12.8. The van der Waals surface area contributed by atoms with Crippen LogP contribution in [0.5, 0.6) is 0 Å². The Labute approximate surface area is 95.3 Å². The Balaban J connectivity index is 2.34. The van der Waals surface area contributed by atoms with E-state index in [4.69, 9.17) is 5.73 Å². The molecule has 0 aromatic heterocycles. The third-order valence-corrected chi connectivity index (χ3v) is 4.14. The maximum atomic E-state index is 12.8. The maximum absolute atomic E-state index is 12.8. The Morgan fingerprint density at radius 2 is 1.94 bits per heavy atom. The molecule has 1 aromatic rings. The van der Waals surface area contributed by atoms with E-state index in [0.29, 0.717) is 6.54 Å². The molecule has 0 aliphatic heterocycles. The largest absolute Gasteiger partial charge is 0.385 e. The van der Waals surface area contributed by atoms with Crippen molar-refractivity contribution in [3.05, 3.63) is 35.6 Å². The van der Waals surface area contributed by atoms with E-state index in [-0.39, 0.29) is 11.2 Å². The van der Waals surface area contributed by atoms with Crippen molar-refractivity contribution >= 4 is 0 Å². The van der Waals surface area contributed by atoms with Gasteiger partial charge in [-0.1, -0.05) is 18.6 Å². The zero-order chi connectivity index (χ0) is 11.8. The molecule has 0 heterocycles. The van der Waals surface area contributed by atoms with Crippen LogP contribution in [0.15, 0.2) is 24.3 Å². The molecule has 1 aliphatic carbocycles. The molecule has 0 spiro atoms. The molecule has 1 fully saturated rings. The number of rotatable bonds is 3. The highest BCUT2D eigenvalue weighted by Gasteiger charge is 2.50. The second-order valence-electron chi connectivity index (χ2n) is 4.92. The van der Waals surface area contributed by atoms with E-state index in [1.165, 1.54) is 12.1 Å². The summed E-state index contributed by atoms with van der Waals surface area (Å²) in [7, 11) is 0. The van der Waals surface area contributed by atoms with E-state index in [1.807, 2.05) is 0 Å². The zero-order valence-electron chi connectivity index (χ0n) is 9.54. The third kappa shape index (κ3) is 1.55. The predicted molar refractivity (Wildman–Crippen MR) is 61.3 cm³/mol. The molecule has 0 bridgehead atoms. The van der Waals surface area contributed by atoms with Crippen LogP contribution in [-0.4, -0.2) is 11.7 Å². The van der Waals surface area contributed by atoms with Crippen molar-refractivity contribution in [1.29, 1.82) is 0 Å². The summed E-state index contributed by atoms with van der Waals surface area (Å²) in [6.45, 7) is 2.25. The minimum Gasteiger partial charge on any atom is -0.385 e. The Hall–Kier alpha value is -0.930. The Kier molecular flexibility index (Phi) is 2.76. The minimum absolute atomic E-state index is 0.231. The average Bonchev–Trinajstić information content (AvgIpc) is 2.17. The van der Waals surface area contributed by atoms with Gasteiger partial charge in [-0.2, -0.15) is 0 Å². The van der Waals surface area contributed by atoms with Crippen LogP contribution in [0.25, 0.3) is 0 Å². The quantitative estimate of drug-likeness (QED) is 0.825. The fourth-order valence-electron chi connectivity index (χ4n) is 2.57. The molecule has 16 heavy (non-hydrogen) atoms. The van der Waals surface area contributed by atoms with Gasteiger partial charge in [0.25, 0.3) is 0 Å². The molecule has 3 N–H and O–H groups in total. The van der Waals surface area contributed by atoms with Crippen molar-refractivity contribution in [2.24, 2.45) is 11.1 Å². The summed E-state index contributed by atoms with van der Waals surface area (Å²) in [5.41, 5.74) is 5.34. The first-order valence-electron chi connectivity index (χ1n) is 5.70. The molecule has 0 saturated heterocycles. The molecule has 2 nitrogen and oxygen atoms in total. The topological polar surface area (TPSA) is 46.2 Å². The molecule has 1 saturated carbocycles. The van der Waals surface area contributed by atoms with Crippen LogP contribution < -0.4 is 5.73 Å². The van der Waals surface area contributed by atoms with Crippen LogP contribution >= 0.6 is 0 Å². The highest BCUT2D eigenvalue weighted by atomic mass is 19.1. The van der Waals surface area contributed by atoms with Gasteiger partial charge in [-0.05, 0) is 37.5 Å². The smallest absolute Gasteiger partial charge is 0.123 e. The van der Waals surface area contributed by atoms with E-state index in [1.54, 1.807) is 19.1 Å². The third-order valence-electron chi connectivity index (χ3n) is 4.14. The number of nitrogens with two attached hydrogens (primary N) is 1. The van der Waals surface area contributed by atoms with Gasteiger partial charge in [0.15, 0.2) is 0 Å². The molecule has 1 unspecified atom stereocenters. The number of aliphatic hydroxyl groups is 1. The second-order valence-corrected chi connectivity index (χ2v) is 4.92. The molecular weight excluding hydrogens is 205 g/mol. The SMILES string of the molecule is CC(O)(c1ccc(F)cc1)C1(CN)CCC1. The van der Waals surface area contributed by atoms with Crippen molar-refractivity contribution in [3.8, 4) is 0 Å². The molecule has 0 radical (unpaired) electrons. The minimum atomic E-state index is -0.965. The van der Waals surface area contributed by atoms with Crippen LogP contribution in [0.4, 0.5) is 4.39 Å². The number of halogens is 1. The molecule has 2 rings (SSSR count). The molecule has 3 heteroatoms. The van der Waals surface area contributed by atoms with Crippen LogP contribution in [0.2, 0.25) is 0 Å². The molecule has 0 amide bonds. The summed E-state index contributed by atoms with van der Waals surface area (Å²) in [5, 5.41) is 10.6. The van der Waals surface area contributed by atoms with Crippen LogP contribution in [0.3, 0.4) is 0 Å². The zero-order valence-corrected chi connectivity index (χ0v) is 9.54. The summed E-state index contributed by atoms with van der Waals surface area (Å²) in [4.78, 5) is 0. The lowest BCUT2D eigenvalue weighted by Crippen LogP contribution is -2.53. The van der Waals surface area contributed by atoms with Crippen LogP contribution in [0, 0.1) is 11.2 Å². The van der Waals surface area contributed by atoms with E-state index < -0.39 is 5.60 Å². The molecule has 1 atom stereocenters. The van der Waals surface area contributed by atoms with Crippen molar-refractivity contribution in [3.63, 3.8) is 0 Å². The van der Waals surface area contributed by atoms with Gasteiger partial charge in [0, 0.05) is 12.0 Å². The molecule has 88 valence electrons. The van der Waals surface area contributed by atoms with E-state index in [9.17, 15) is 9.50 Å². The Morgan fingerprint density at radius 3 is 2.31 bits per heavy atom. The van der Waals surface area contributed by atoms with Gasteiger partial charge >= 0.3 is 0 Å². The van der Waals surface area contributed by atoms with Gasteiger partial charge in [-0.3, -0.25) is 0 Å². The van der Waals surface area contributed by atoms with Gasteiger partial charge < -0.3 is 10.8 Å². The Bertz CT molecular complexity index is 363. The Morgan fingerprint density at radius 1 is 1.38 bits per heavy atom. The van der Waals surface area contributed by atoms with Crippen molar-refractivity contribution in [2.45, 2.75) is 31.8 Å². The number of hydrogen-bond acceptors (Lipinski definition) is 2. The van der Waals surface area contributed by atoms with Crippen molar-refractivity contribution in [2.75, 3.05) is 6.54 Å². The summed E-state index contributed by atoms with van der Waals surface area (Å²) in [6, 6.07) is 6.05. The fraction of sp³-hybridized carbons (Fsp3) is 0.538. The summed E-state index contributed by atoms with van der Waals surface area (Å²) in [6.07, 6.45) is 2.98. The van der Waals surface area contributed by atoms with Gasteiger partial charge in [0.05, 0.1) is 5.60 Å². The first-order valence-corrected chi connectivity index (χ1v) is 5.70. The van der Waals surface area contributed by atoms with Crippen LogP contribution in [-0.2, 0) is 5.60 Å². The van der Waals surface area contributed by atoms with Gasteiger partial charge in [0.2, 0.25) is 0 Å². The highest BCUT2D eigenvalue weighted by Crippen LogP contribution is 2.52. The maximum Gasteiger partial charge on any atom is 0.123 e. The van der Waals surface area contributed by atoms with Crippen molar-refractivity contribution < 1.29 is 9.50 Å². The average molecular weight is 223 g/mol. The van der Waals surface area contributed by atoms with E-state index in [2.05, 4.69) is 0 Å². The first kappa shape index (κ1) is 11.6. The van der Waals surface area contributed by atoms with Crippen molar-refractivity contribution in [1.82, 2.24) is 0 Å². The van der Waals surface area contributed by atoms with E-state index in [0.717, 1.165) is 24.8 Å². The predicted octanol–water partition coefficient (Wildman–Crippen LogP) is 2.16. The lowest BCUT2D eigenvalue weighted by molar-refractivity contribution is -0.116. The molecular formula is C13H18FNO.